The zero-order valence-corrected chi connectivity index (χ0v) is 18.7. The van der Waals surface area contributed by atoms with Crippen LogP contribution in [0.3, 0.4) is 0 Å². The van der Waals surface area contributed by atoms with Crippen molar-refractivity contribution in [2.45, 2.75) is 39.7 Å². The molecule has 29 heavy (non-hydrogen) atoms. The molecular formula is C21H28N4O2S2. The van der Waals surface area contributed by atoms with Crippen LogP contribution < -0.4 is 10.2 Å². The molecule has 0 bridgehead atoms. The highest BCUT2D eigenvalue weighted by Crippen LogP contribution is 2.34. The molecule has 2 amide bonds. The molecule has 1 aliphatic heterocycles. The Morgan fingerprint density at radius 1 is 1.28 bits per heavy atom. The van der Waals surface area contributed by atoms with Crippen molar-refractivity contribution in [3.05, 3.63) is 33.0 Å². The Balaban J connectivity index is 1.33. The van der Waals surface area contributed by atoms with Gasteiger partial charge in [0.2, 0.25) is 11.8 Å². The number of aryl methyl sites for hydroxylation is 1. The van der Waals surface area contributed by atoms with E-state index >= 15 is 0 Å². The molecule has 0 spiro atoms. The normalized spacial score (nSPS) is 19.3. The van der Waals surface area contributed by atoms with Gasteiger partial charge in [0.25, 0.3) is 0 Å². The fourth-order valence-electron chi connectivity index (χ4n) is 3.94. The van der Waals surface area contributed by atoms with Gasteiger partial charge in [-0.3, -0.25) is 9.59 Å². The van der Waals surface area contributed by atoms with Crippen molar-refractivity contribution in [3.63, 3.8) is 0 Å². The number of carbonyl (C=O) groups excluding carboxylic acids is 2. The Bertz CT molecular complexity index is 854. The number of hydrogen-bond acceptors (Lipinski definition) is 6. The minimum absolute atomic E-state index is 0.0382. The highest BCUT2D eigenvalue weighted by atomic mass is 32.1. The Morgan fingerprint density at radius 3 is 2.76 bits per heavy atom. The second-order valence-corrected chi connectivity index (χ2v) is 10.2. The fraction of sp³-hybridized carbons (Fsp3) is 0.571. The van der Waals surface area contributed by atoms with E-state index in [2.05, 4.69) is 10.2 Å². The van der Waals surface area contributed by atoms with Gasteiger partial charge in [-0.1, -0.05) is 19.9 Å². The molecule has 156 valence electrons. The highest BCUT2D eigenvalue weighted by Gasteiger charge is 2.30. The molecule has 0 radical (unpaired) electrons. The van der Waals surface area contributed by atoms with Gasteiger partial charge in [-0.2, -0.15) is 0 Å². The van der Waals surface area contributed by atoms with Crippen molar-refractivity contribution < 1.29 is 9.59 Å². The number of nitrogens with one attached hydrogen (secondary N) is 1. The number of fused-ring (bicyclic) bond motifs is 1. The lowest BCUT2D eigenvalue weighted by Crippen LogP contribution is -2.49. The maximum atomic E-state index is 12.6. The predicted molar refractivity (Wildman–Crippen MR) is 117 cm³/mol. The Kier molecular flexibility index (Phi) is 6.20. The smallest absolute Gasteiger partial charge is 0.225 e. The van der Waals surface area contributed by atoms with Crippen LogP contribution in [0, 0.1) is 11.8 Å². The molecule has 0 aromatic carbocycles. The van der Waals surface area contributed by atoms with Crippen molar-refractivity contribution in [2.24, 2.45) is 11.8 Å². The molecule has 0 unspecified atom stereocenters. The van der Waals surface area contributed by atoms with Gasteiger partial charge in [0.1, 0.15) is 0 Å². The first-order valence-corrected chi connectivity index (χ1v) is 12.0. The number of nitrogens with zero attached hydrogens (tertiary/aromatic N) is 3. The molecule has 4 rings (SSSR count). The summed E-state index contributed by atoms with van der Waals surface area (Å²) in [6.45, 7) is 7.70. The minimum atomic E-state index is 0.0382. The predicted octanol–water partition coefficient (Wildman–Crippen LogP) is 2.93. The second kappa shape index (κ2) is 8.83. The molecule has 0 saturated carbocycles. The average molecular weight is 433 g/mol. The van der Waals surface area contributed by atoms with E-state index in [0.29, 0.717) is 6.54 Å². The van der Waals surface area contributed by atoms with E-state index in [0.717, 1.165) is 56.3 Å². The molecule has 1 fully saturated rings. The number of thiazole rings is 1. The van der Waals surface area contributed by atoms with E-state index in [4.69, 9.17) is 4.98 Å². The zero-order valence-electron chi connectivity index (χ0n) is 17.0. The first kappa shape index (κ1) is 20.3. The summed E-state index contributed by atoms with van der Waals surface area (Å²) in [4.78, 5) is 36.3. The van der Waals surface area contributed by atoms with Crippen LogP contribution in [0.25, 0.3) is 0 Å². The Labute approximate surface area is 179 Å². The lowest BCUT2D eigenvalue weighted by atomic mass is 9.90. The minimum Gasteiger partial charge on any atom is -0.351 e. The van der Waals surface area contributed by atoms with E-state index in [1.54, 1.807) is 22.7 Å². The van der Waals surface area contributed by atoms with E-state index in [-0.39, 0.29) is 23.7 Å². The molecule has 6 nitrogen and oxygen atoms in total. The lowest BCUT2D eigenvalue weighted by Gasteiger charge is -2.35. The molecule has 1 saturated heterocycles. The average Bonchev–Trinajstić information content (AvgIpc) is 3.40. The quantitative estimate of drug-likeness (QED) is 0.789. The van der Waals surface area contributed by atoms with E-state index < -0.39 is 0 Å². The Morgan fingerprint density at radius 2 is 2.07 bits per heavy atom. The number of aromatic nitrogens is 1. The van der Waals surface area contributed by atoms with Crippen LogP contribution in [-0.4, -0.2) is 47.9 Å². The summed E-state index contributed by atoms with van der Waals surface area (Å²) in [5, 5.41) is 6.17. The van der Waals surface area contributed by atoms with Crippen LogP contribution in [0.1, 0.15) is 35.7 Å². The molecule has 2 aliphatic rings. The number of hydrogen-bond donors (Lipinski definition) is 1. The van der Waals surface area contributed by atoms with Crippen LogP contribution in [-0.2, 0) is 29.0 Å². The van der Waals surface area contributed by atoms with Crippen molar-refractivity contribution in [3.8, 4) is 0 Å². The standard InChI is InChI=1S/C21H28N4O2S2/c1-14(2)20(27)24-7-9-25(10-8-24)21-23-17-6-5-15(12-18(17)29-21)19(26)22-13-16-4-3-11-28-16/h3-4,11,14-15H,5-10,12-13H2,1-2H3,(H,22,26)/t15-/m1/s1. The van der Waals surface area contributed by atoms with Crippen molar-refractivity contribution in [2.75, 3.05) is 31.1 Å². The van der Waals surface area contributed by atoms with E-state index in [1.807, 2.05) is 36.3 Å². The summed E-state index contributed by atoms with van der Waals surface area (Å²) in [5.74, 6) is 0.479. The van der Waals surface area contributed by atoms with E-state index in [9.17, 15) is 9.59 Å². The van der Waals surface area contributed by atoms with Crippen molar-refractivity contribution >= 4 is 39.6 Å². The van der Waals surface area contributed by atoms with Crippen LogP contribution in [0.2, 0.25) is 0 Å². The molecule has 1 aliphatic carbocycles. The summed E-state index contributed by atoms with van der Waals surface area (Å²) >= 11 is 3.40. The van der Waals surface area contributed by atoms with Crippen molar-refractivity contribution in [1.82, 2.24) is 15.2 Å². The Hall–Kier alpha value is -1.93. The van der Waals surface area contributed by atoms with Gasteiger partial charge in [-0.25, -0.2) is 4.98 Å². The van der Waals surface area contributed by atoms with Crippen LogP contribution in [0.4, 0.5) is 5.13 Å². The van der Waals surface area contributed by atoms with Crippen LogP contribution in [0.15, 0.2) is 17.5 Å². The number of rotatable bonds is 5. The van der Waals surface area contributed by atoms with Crippen LogP contribution >= 0.6 is 22.7 Å². The van der Waals surface area contributed by atoms with Crippen LogP contribution in [0.5, 0.6) is 0 Å². The van der Waals surface area contributed by atoms with Gasteiger partial charge in [0.05, 0.1) is 12.2 Å². The summed E-state index contributed by atoms with van der Waals surface area (Å²) in [7, 11) is 0. The van der Waals surface area contributed by atoms with Gasteiger partial charge >= 0.3 is 0 Å². The van der Waals surface area contributed by atoms with Gasteiger partial charge < -0.3 is 15.1 Å². The van der Waals surface area contributed by atoms with Gasteiger partial charge in [0, 0.05) is 47.8 Å². The monoisotopic (exact) mass is 432 g/mol. The number of anilines is 1. The number of piperazine rings is 1. The number of carbonyl (C=O) groups is 2. The molecule has 8 heteroatoms. The highest BCUT2D eigenvalue weighted by molar-refractivity contribution is 7.15. The number of thiophene rings is 1. The maximum absolute atomic E-state index is 12.6. The topological polar surface area (TPSA) is 65.5 Å². The second-order valence-electron chi connectivity index (χ2n) is 8.07. The molecule has 1 atom stereocenters. The first-order valence-electron chi connectivity index (χ1n) is 10.3. The third kappa shape index (κ3) is 4.64. The molecule has 3 heterocycles. The third-order valence-corrected chi connectivity index (χ3v) is 7.73. The summed E-state index contributed by atoms with van der Waals surface area (Å²) < 4.78 is 0. The summed E-state index contributed by atoms with van der Waals surface area (Å²) in [6, 6.07) is 4.06. The van der Waals surface area contributed by atoms with Gasteiger partial charge in [0.15, 0.2) is 5.13 Å². The largest absolute Gasteiger partial charge is 0.351 e. The zero-order chi connectivity index (χ0) is 20.4. The van der Waals surface area contributed by atoms with Gasteiger partial charge in [-0.15, -0.1) is 22.7 Å². The first-order chi connectivity index (χ1) is 14.0. The lowest BCUT2D eigenvalue weighted by molar-refractivity contribution is -0.134. The molecule has 1 N–H and O–H groups in total. The molecule has 2 aromatic rings. The van der Waals surface area contributed by atoms with Gasteiger partial charge in [-0.05, 0) is 30.7 Å². The SMILES string of the molecule is CC(C)C(=O)N1CCN(c2nc3c(s2)C[C@H](C(=O)NCc2cccs2)CC3)CC1. The van der Waals surface area contributed by atoms with Crippen molar-refractivity contribution in [1.29, 1.82) is 0 Å². The molecular weight excluding hydrogens is 404 g/mol. The third-order valence-electron chi connectivity index (χ3n) is 5.67. The summed E-state index contributed by atoms with van der Waals surface area (Å²) in [5.41, 5.74) is 1.16. The summed E-state index contributed by atoms with van der Waals surface area (Å²) in [6.07, 6.45) is 2.52. The number of amides is 2. The molecule has 2 aromatic heterocycles. The maximum Gasteiger partial charge on any atom is 0.225 e. The van der Waals surface area contributed by atoms with E-state index in [1.165, 1.54) is 9.75 Å². The fourth-order valence-corrected chi connectivity index (χ4v) is 5.82.